The molecule has 0 radical (unpaired) electrons. The van der Waals surface area contributed by atoms with Crippen LogP contribution in [-0.2, 0) is 19.1 Å². The summed E-state index contributed by atoms with van der Waals surface area (Å²) in [5.41, 5.74) is -1.75. The van der Waals surface area contributed by atoms with E-state index in [1.807, 2.05) is 41.5 Å². The largest absolute Gasteiger partial charge is 0.466 e. The van der Waals surface area contributed by atoms with E-state index in [9.17, 15) is 9.59 Å². The summed E-state index contributed by atoms with van der Waals surface area (Å²) < 4.78 is 10.8. The van der Waals surface area contributed by atoms with Gasteiger partial charge in [-0.25, -0.2) is 0 Å². The lowest BCUT2D eigenvalue weighted by molar-refractivity contribution is -0.194. The third-order valence-corrected chi connectivity index (χ3v) is 5.10. The number of carbonyl (C=O) groups excluding carboxylic acids is 2. The van der Waals surface area contributed by atoms with Crippen LogP contribution in [0.25, 0.3) is 0 Å². The average Bonchev–Trinajstić information content (AvgIpc) is 2.44. The second kappa shape index (κ2) is 8.54. The Morgan fingerprint density at radius 1 is 0.773 bits per heavy atom. The van der Waals surface area contributed by atoms with Gasteiger partial charge in [-0.2, -0.15) is 0 Å². The van der Waals surface area contributed by atoms with E-state index >= 15 is 0 Å². The van der Waals surface area contributed by atoms with E-state index in [1.54, 1.807) is 13.8 Å². The zero-order valence-corrected chi connectivity index (χ0v) is 15.6. The summed E-state index contributed by atoms with van der Waals surface area (Å²) in [5, 5.41) is 0. The van der Waals surface area contributed by atoms with E-state index < -0.39 is 10.8 Å². The molecule has 0 saturated carbocycles. The molecule has 0 atom stereocenters. The van der Waals surface area contributed by atoms with Crippen molar-refractivity contribution >= 4 is 11.9 Å². The minimum Gasteiger partial charge on any atom is -0.466 e. The molecule has 0 amide bonds. The molecule has 0 aromatic rings. The SMILES string of the molecule is CCOC(=O)C(CC)(CC)C(C(=O)OCC)(C(C)C)C(C)C. The number of rotatable bonds is 9. The molecule has 4 nitrogen and oxygen atoms in total. The van der Waals surface area contributed by atoms with Crippen molar-refractivity contribution in [2.75, 3.05) is 13.2 Å². The molecule has 4 heteroatoms. The van der Waals surface area contributed by atoms with Gasteiger partial charge >= 0.3 is 11.9 Å². The van der Waals surface area contributed by atoms with Crippen LogP contribution >= 0.6 is 0 Å². The van der Waals surface area contributed by atoms with Crippen LogP contribution in [0.2, 0.25) is 0 Å². The molecule has 0 N–H and O–H groups in total. The Morgan fingerprint density at radius 2 is 1.14 bits per heavy atom. The molecule has 0 heterocycles. The van der Waals surface area contributed by atoms with Crippen LogP contribution in [0.4, 0.5) is 0 Å². The number of hydrogen-bond donors (Lipinski definition) is 0. The summed E-state index contributed by atoms with van der Waals surface area (Å²) >= 11 is 0. The van der Waals surface area contributed by atoms with Crippen molar-refractivity contribution in [1.82, 2.24) is 0 Å². The Labute approximate surface area is 135 Å². The van der Waals surface area contributed by atoms with Crippen molar-refractivity contribution in [3.63, 3.8) is 0 Å². The zero-order chi connectivity index (χ0) is 17.6. The van der Waals surface area contributed by atoms with Crippen molar-refractivity contribution in [3.05, 3.63) is 0 Å². The number of ether oxygens (including phenoxy) is 2. The van der Waals surface area contributed by atoms with Gasteiger partial charge in [-0.05, 0) is 38.5 Å². The molecule has 0 unspecified atom stereocenters. The molecule has 0 aliphatic heterocycles. The molecule has 0 aromatic heterocycles. The predicted molar refractivity (Wildman–Crippen MR) is 88.4 cm³/mol. The van der Waals surface area contributed by atoms with Crippen molar-refractivity contribution in [1.29, 1.82) is 0 Å². The van der Waals surface area contributed by atoms with Gasteiger partial charge in [0.25, 0.3) is 0 Å². The fraction of sp³-hybridized carbons (Fsp3) is 0.889. The molecule has 0 bridgehead atoms. The average molecular weight is 314 g/mol. The lowest BCUT2D eigenvalue weighted by Crippen LogP contribution is -2.59. The van der Waals surface area contributed by atoms with Gasteiger partial charge in [0, 0.05) is 0 Å². The molecular formula is C18H34O4. The summed E-state index contributed by atoms with van der Waals surface area (Å²) in [7, 11) is 0. The van der Waals surface area contributed by atoms with Gasteiger partial charge in [0.1, 0.15) is 0 Å². The fourth-order valence-electron chi connectivity index (χ4n) is 4.25. The minimum absolute atomic E-state index is 0.0316. The second-order valence-corrected chi connectivity index (χ2v) is 6.41. The van der Waals surface area contributed by atoms with Gasteiger partial charge in [0.05, 0.1) is 24.0 Å². The minimum atomic E-state index is -0.890. The van der Waals surface area contributed by atoms with E-state index in [0.717, 1.165) is 0 Å². The Balaban J connectivity index is 6.41. The lowest BCUT2D eigenvalue weighted by atomic mass is 9.51. The van der Waals surface area contributed by atoms with Gasteiger partial charge in [-0.15, -0.1) is 0 Å². The third kappa shape index (κ3) is 3.16. The number of carbonyl (C=O) groups is 2. The highest BCUT2D eigenvalue weighted by molar-refractivity contribution is 5.89. The first-order chi connectivity index (χ1) is 10.2. The van der Waals surface area contributed by atoms with Gasteiger partial charge in [0.2, 0.25) is 0 Å². The van der Waals surface area contributed by atoms with Crippen molar-refractivity contribution in [2.24, 2.45) is 22.7 Å². The Kier molecular flexibility index (Phi) is 8.13. The molecule has 0 aromatic carbocycles. The Bertz CT molecular complexity index is 359. The van der Waals surface area contributed by atoms with E-state index in [2.05, 4.69) is 0 Å². The van der Waals surface area contributed by atoms with Crippen LogP contribution in [0.3, 0.4) is 0 Å². The molecule has 0 aliphatic carbocycles. The summed E-state index contributed by atoms with van der Waals surface area (Å²) in [6.07, 6.45) is 1.11. The van der Waals surface area contributed by atoms with Crippen molar-refractivity contribution in [2.45, 2.75) is 68.2 Å². The van der Waals surface area contributed by atoms with E-state index in [0.29, 0.717) is 26.1 Å². The normalized spacial score (nSPS) is 12.6. The van der Waals surface area contributed by atoms with Crippen LogP contribution in [0.1, 0.15) is 68.2 Å². The van der Waals surface area contributed by atoms with Crippen LogP contribution in [0, 0.1) is 22.7 Å². The lowest BCUT2D eigenvalue weighted by Gasteiger charge is -2.51. The summed E-state index contributed by atoms with van der Waals surface area (Å²) in [5.74, 6) is -0.626. The van der Waals surface area contributed by atoms with Crippen molar-refractivity contribution < 1.29 is 19.1 Å². The van der Waals surface area contributed by atoms with Crippen LogP contribution in [0.15, 0.2) is 0 Å². The fourth-order valence-corrected chi connectivity index (χ4v) is 4.25. The quantitative estimate of drug-likeness (QED) is 0.598. The Morgan fingerprint density at radius 3 is 1.41 bits per heavy atom. The monoisotopic (exact) mass is 314 g/mol. The highest BCUT2D eigenvalue weighted by Gasteiger charge is 2.63. The topological polar surface area (TPSA) is 52.6 Å². The maximum atomic E-state index is 13.0. The first-order valence-electron chi connectivity index (χ1n) is 8.57. The first-order valence-corrected chi connectivity index (χ1v) is 8.57. The van der Waals surface area contributed by atoms with E-state index in [-0.39, 0.29) is 23.8 Å². The van der Waals surface area contributed by atoms with Crippen LogP contribution in [-0.4, -0.2) is 25.2 Å². The highest BCUT2D eigenvalue weighted by atomic mass is 16.5. The van der Waals surface area contributed by atoms with Crippen LogP contribution in [0.5, 0.6) is 0 Å². The smallest absolute Gasteiger partial charge is 0.313 e. The molecule has 0 saturated heterocycles. The third-order valence-electron chi connectivity index (χ3n) is 5.10. The van der Waals surface area contributed by atoms with Gasteiger partial charge < -0.3 is 9.47 Å². The molecule has 0 rings (SSSR count). The van der Waals surface area contributed by atoms with E-state index in [1.165, 1.54) is 0 Å². The van der Waals surface area contributed by atoms with Crippen molar-refractivity contribution in [3.8, 4) is 0 Å². The maximum absolute atomic E-state index is 13.0. The zero-order valence-electron chi connectivity index (χ0n) is 15.6. The van der Waals surface area contributed by atoms with Crippen LogP contribution < -0.4 is 0 Å². The molecule has 0 spiro atoms. The summed E-state index contributed by atoms with van der Waals surface area (Å²) in [6.45, 7) is 16.1. The van der Waals surface area contributed by atoms with E-state index in [4.69, 9.17) is 9.47 Å². The van der Waals surface area contributed by atoms with Gasteiger partial charge in [-0.3, -0.25) is 9.59 Å². The maximum Gasteiger partial charge on any atom is 0.313 e. The second-order valence-electron chi connectivity index (χ2n) is 6.41. The number of hydrogen-bond acceptors (Lipinski definition) is 4. The predicted octanol–water partition coefficient (Wildman–Crippen LogP) is 4.22. The van der Waals surface area contributed by atoms with Gasteiger partial charge in [-0.1, -0.05) is 41.5 Å². The number of esters is 2. The molecule has 130 valence electrons. The Hall–Kier alpha value is -1.06. The molecule has 22 heavy (non-hydrogen) atoms. The molecule has 0 fully saturated rings. The summed E-state index contributed by atoms with van der Waals surface area (Å²) in [6, 6.07) is 0. The molecular weight excluding hydrogens is 280 g/mol. The first kappa shape index (κ1) is 20.9. The standard InChI is InChI=1S/C18H34O4/c1-9-17(10-2,15(19)21-11-3)18(13(5)6,14(7)8)16(20)22-12-4/h13-14H,9-12H2,1-8H3. The van der Waals surface area contributed by atoms with Gasteiger partial charge in [0.15, 0.2) is 0 Å². The highest BCUT2D eigenvalue weighted by Crippen LogP contribution is 2.56. The summed E-state index contributed by atoms with van der Waals surface area (Å²) in [4.78, 5) is 25.9. The molecule has 0 aliphatic rings.